The largest absolute Gasteiger partial charge is 0.481 e. The van der Waals surface area contributed by atoms with E-state index >= 15 is 0 Å². The van der Waals surface area contributed by atoms with Gasteiger partial charge in [0.15, 0.2) is 5.03 Å². The lowest BCUT2D eigenvalue weighted by Gasteiger charge is -2.04. The van der Waals surface area contributed by atoms with Crippen molar-refractivity contribution in [1.82, 2.24) is 9.78 Å². The number of rotatable bonds is 5. The van der Waals surface area contributed by atoms with Crippen LogP contribution >= 0.6 is 11.8 Å². The van der Waals surface area contributed by atoms with E-state index in [0.717, 1.165) is 11.8 Å². The Morgan fingerprint density at radius 2 is 2.44 bits per heavy atom. The predicted octanol–water partition coefficient (Wildman–Crippen LogP) is 1.28. The third-order valence-electron chi connectivity index (χ3n) is 1.75. The van der Waals surface area contributed by atoms with Gasteiger partial charge in [-0.3, -0.25) is 19.6 Å². The van der Waals surface area contributed by atoms with Gasteiger partial charge in [-0.05, 0) is 0 Å². The normalized spacial score (nSPS) is 12.4. The van der Waals surface area contributed by atoms with Gasteiger partial charge in [0.1, 0.15) is 6.20 Å². The van der Waals surface area contributed by atoms with Gasteiger partial charge in [-0.25, -0.2) is 0 Å². The van der Waals surface area contributed by atoms with Crippen LogP contribution in [0.25, 0.3) is 0 Å². The lowest BCUT2D eigenvalue weighted by atomic mass is 10.3. The monoisotopic (exact) mass is 245 g/mol. The number of aromatic nitrogens is 2. The van der Waals surface area contributed by atoms with Crippen LogP contribution in [0.3, 0.4) is 0 Å². The Bertz CT molecular complexity index is 417. The molecule has 0 bridgehead atoms. The van der Waals surface area contributed by atoms with Crippen LogP contribution < -0.4 is 0 Å². The van der Waals surface area contributed by atoms with Crippen LogP contribution in [-0.2, 0) is 11.8 Å². The van der Waals surface area contributed by atoms with Gasteiger partial charge in [-0.1, -0.05) is 18.7 Å². The topological polar surface area (TPSA) is 98.3 Å². The summed E-state index contributed by atoms with van der Waals surface area (Å²) in [6.07, 6.45) is 1.24. The number of nitro groups is 1. The van der Waals surface area contributed by atoms with E-state index in [1.165, 1.54) is 10.9 Å². The number of hydrogen-bond donors (Lipinski definition) is 1. The molecule has 7 nitrogen and oxygen atoms in total. The number of aryl methyl sites for hydroxylation is 1. The Morgan fingerprint density at radius 1 is 1.81 bits per heavy atom. The number of hydrogen-bond acceptors (Lipinski definition) is 5. The average Bonchev–Trinajstić information content (AvgIpc) is 2.44. The molecule has 0 aromatic carbocycles. The van der Waals surface area contributed by atoms with E-state index in [-0.39, 0.29) is 22.4 Å². The molecule has 1 unspecified atom stereocenters. The summed E-state index contributed by atoms with van der Waals surface area (Å²) in [5.41, 5.74) is -0.0928. The molecule has 1 aromatic rings. The number of thioether (sulfide) groups is 1. The van der Waals surface area contributed by atoms with Gasteiger partial charge in [0.05, 0.1) is 11.3 Å². The Balaban J connectivity index is 2.80. The van der Waals surface area contributed by atoms with E-state index in [9.17, 15) is 14.9 Å². The van der Waals surface area contributed by atoms with Crippen LogP contribution in [0.2, 0.25) is 0 Å². The molecule has 1 heterocycles. The molecule has 0 aliphatic heterocycles. The first-order chi connectivity index (χ1) is 7.40. The highest BCUT2D eigenvalue weighted by Crippen LogP contribution is 2.31. The third-order valence-corrected chi connectivity index (χ3v) is 2.83. The summed E-state index contributed by atoms with van der Waals surface area (Å²) in [6.45, 7) is 1.69. The standard InChI is InChI=1S/C8H11N3O4S/c1-5(3-7(12)13)16-8-6(11(14)15)4-10(2)9-8/h4-5H,3H2,1-2H3,(H,12,13). The highest BCUT2D eigenvalue weighted by Gasteiger charge is 2.21. The summed E-state index contributed by atoms with van der Waals surface area (Å²) in [5.74, 6) is -0.932. The molecule has 8 heteroatoms. The van der Waals surface area contributed by atoms with E-state index in [1.807, 2.05) is 0 Å². The van der Waals surface area contributed by atoms with Crippen molar-refractivity contribution in [3.8, 4) is 0 Å². The van der Waals surface area contributed by atoms with Crippen molar-refractivity contribution < 1.29 is 14.8 Å². The molecule has 0 saturated carbocycles. The highest BCUT2D eigenvalue weighted by atomic mass is 32.2. The van der Waals surface area contributed by atoms with Gasteiger partial charge in [0, 0.05) is 12.3 Å². The molecule has 1 N–H and O–H groups in total. The van der Waals surface area contributed by atoms with Crippen LogP contribution in [-0.4, -0.2) is 31.0 Å². The summed E-state index contributed by atoms with van der Waals surface area (Å²) in [7, 11) is 1.58. The van der Waals surface area contributed by atoms with E-state index in [2.05, 4.69) is 5.10 Å². The molecule has 0 radical (unpaired) electrons. The van der Waals surface area contributed by atoms with Crippen LogP contribution in [0.1, 0.15) is 13.3 Å². The summed E-state index contributed by atoms with van der Waals surface area (Å²) in [6, 6.07) is 0. The lowest BCUT2D eigenvalue weighted by molar-refractivity contribution is -0.387. The molecule has 88 valence electrons. The SMILES string of the molecule is CC(CC(=O)O)Sc1nn(C)cc1[N+](=O)[O-]. The first-order valence-electron chi connectivity index (χ1n) is 4.46. The van der Waals surface area contributed by atoms with Gasteiger partial charge in [-0.2, -0.15) is 5.10 Å². The fourth-order valence-corrected chi connectivity index (χ4v) is 2.17. The number of carbonyl (C=O) groups is 1. The Labute approximate surface area is 95.6 Å². The Hall–Kier alpha value is -1.57. The second-order valence-corrected chi connectivity index (χ2v) is 4.70. The van der Waals surface area contributed by atoms with Crippen LogP contribution in [0.4, 0.5) is 5.69 Å². The van der Waals surface area contributed by atoms with Crippen LogP contribution in [0, 0.1) is 10.1 Å². The first kappa shape index (κ1) is 12.5. The van der Waals surface area contributed by atoms with Crippen LogP contribution in [0.5, 0.6) is 0 Å². The number of carboxylic acid groups (broad SMARTS) is 1. The molecule has 0 spiro atoms. The summed E-state index contributed by atoms with van der Waals surface area (Å²) in [5, 5.41) is 23.2. The van der Waals surface area contributed by atoms with Gasteiger partial charge < -0.3 is 5.11 Å². The van der Waals surface area contributed by atoms with E-state index < -0.39 is 10.9 Å². The van der Waals surface area contributed by atoms with Crippen molar-refractivity contribution >= 4 is 23.4 Å². The summed E-state index contributed by atoms with van der Waals surface area (Å²) < 4.78 is 1.34. The minimum atomic E-state index is -0.932. The van der Waals surface area contributed by atoms with Crippen molar-refractivity contribution in [2.75, 3.05) is 0 Å². The minimum Gasteiger partial charge on any atom is -0.481 e. The average molecular weight is 245 g/mol. The maximum Gasteiger partial charge on any atom is 0.320 e. The quantitative estimate of drug-likeness (QED) is 0.476. The molecule has 0 saturated heterocycles. The fraction of sp³-hybridized carbons (Fsp3) is 0.500. The summed E-state index contributed by atoms with van der Waals surface area (Å²) in [4.78, 5) is 20.6. The molecule has 1 atom stereocenters. The zero-order chi connectivity index (χ0) is 12.3. The van der Waals surface area contributed by atoms with Crippen molar-refractivity contribution in [1.29, 1.82) is 0 Å². The maximum atomic E-state index is 10.7. The number of carboxylic acids is 1. The number of nitrogens with zero attached hydrogens (tertiary/aromatic N) is 3. The third kappa shape index (κ3) is 3.23. The van der Waals surface area contributed by atoms with Crippen molar-refractivity contribution in [3.63, 3.8) is 0 Å². The molecule has 1 rings (SSSR count). The van der Waals surface area contributed by atoms with Crippen LogP contribution in [0.15, 0.2) is 11.2 Å². The molecular formula is C8H11N3O4S. The molecular weight excluding hydrogens is 234 g/mol. The Kier molecular flexibility index (Phi) is 3.88. The first-order valence-corrected chi connectivity index (χ1v) is 5.34. The molecule has 0 fully saturated rings. The van der Waals surface area contributed by atoms with Crippen molar-refractivity contribution in [2.45, 2.75) is 23.6 Å². The zero-order valence-electron chi connectivity index (χ0n) is 8.78. The second kappa shape index (κ2) is 4.97. The predicted molar refractivity (Wildman–Crippen MR) is 57.4 cm³/mol. The number of aliphatic carboxylic acids is 1. The van der Waals surface area contributed by atoms with Gasteiger partial charge in [-0.15, -0.1) is 0 Å². The van der Waals surface area contributed by atoms with Crippen molar-refractivity contribution in [3.05, 3.63) is 16.3 Å². The molecule has 0 aliphatic carbocycles. The fourth-order valence-electron chi connectivity index (χ4n) is 1.14. The zero-order valence-corrected chi connectivity index (χ0v) is 9.60. The van der Waals surface area contributed by atoms with E-state index in [0.29, 0.717) is 0 Å². The maximum absolute atomic E-state index is 10.7. The van der Waals surface area contributed by atoms with E-state index in [4.69, 9.17) is 5.11 Å². The van der Waals surface area contributed by atoms with Gasteiger partial charge >= 0.3 is 11.7 Å². The molecule has 16 heavy (non-hydrogen) atoms. The summed E-state index contributed by atoms with van der Waals surface area (Å²) >= 11 is 1.09. The minimum absolute atomic E-state index is 0.0571. The van der Waals surface area contributed by atoms with E-state index in [1.54, 1.807) is 14.0 Å². The Morgan fingerprint density at radius 3 is 2.94 bits per heavy atom. The second-order valence-electron chi connectivity index (χ2n) is 3.28. The smallest absolute Gasteiger partial charge is 0.320 e. The van der Waals surface area contributed by atoms with Crippen molar-refractivity contribution in [2.24, 2.45) is 7.05 Å². The highest BCUT2D eigenvalue weighted by molar-refractivity contribution is 8.00. The molecule has 0 amide bonds. The van der Waals surface area contributed by atoms with Gasteiger partial charge in [0.2, 0.25) is 0 Å². The molecule has 0 aliphatic rings. The lowest BCUT2D eigenvalue weighted by Crippen LogP contribution is -2.06. The van der Waals surface area contributed by atoms with Gasteiger partial charge in [0.25, 0.3) is 0 Å². The molecule has 1 aromatic heterocycles.